The summed E-state index contributed by atoms with van der Waals surface area (Å²) in [5.74, 6) is 0.0788. The van der Waals surface area contributed by atoms with Gasteiger partial charge in [0.05, 0.1) is 5.69 Å². The molecule has 2 amide bonds. The monoisotopic (exact) mass is 352 g/mol. The number of imidazole rings is 1. The number of benzene rings is 1. The van der Waals surface area contributed by atoms with E-state index in [1.54, 1.807) is 0 Å². The predicted molar refractivity (Wildman–Crippen MR) is 99.3 cm³/mol. The van der Waals surface area contributed by atoms with Gasteiger partial charge in [-0.1, -0.05) is 18.2 Å². The first-order valence-corrected chi connectivity index (χ1v) is 9.49. The van der Waals surface area contributed by atoms with Crippen molar-refractivity contribution in [2.24, 2.45) is 0 Å². The summed E-state index contributed by atoms with van der Waals surface area (Å²) in [6, 6.07) is 9.35. The van der Waals surface area contributed by atoms with E-state index in [1.807, 2.05) is 39.8 Å². The normalized spacial score (nSPS) is 16.8. The smallest absolute Gasteiger partial charge is 0.291 e. The minimum Gasteiger partial charge on any atom is -0.337 e. The molecular formula is C20H24N4O2. The number of nitrogens with zero attached hydrogens (tertiary/aromatic N) is 3. The van der Waals surface area contributed by atoms with Crippen molar-refractivity contribution in [3.05, 3.63) is 47.5 Å². The van der Waals surface area contributed by atoms with Gasteiger partial charge in [-0.2, -0.15) is 0 Å². The fourth-order valence-electron chi connectivity index (χ4n) is 3.84. The molecule has 3 heterocycles. The molecule has 2 aromatic rings. The Morgan fingerprint density at radius 2 is 1.65 bits per heavy atom. The maximum Gasteiger partial charge on any atom is 0.291 e. The topological polar surface area (TPSA) is 67.2 Å². The van der Waals surface area contributed by atoms with E-state index < -0.39 is 0 Å². The van der Waals surface area contributed by atoms with Crippen molar-refractivity contribution in [2.75, 3.05) is 18.4 Å². The summed E-state index contributed by atoms with van der Waals surface area (Å²) >= 11 is 0. The van der Waals surface area contributed by atoms with Crippen LogP contribution in [0.15, 0.2) is 30.3 Å². The lowest BCUT2D eigenvalue weighted by Gasteiger charge is -2.26. The van der Waals surface area contributed by atoms with Gasteiger partial charge in [-0.3, -0.25) is 9.59 Å². The molecule has 2 aliphatic rings. The summed E-state index contributed by atoms with van der Waals surface area (Å²) in [4.78, 5) is 32.2. The van der Waals surface area contributed by atoms with Crippen LogP contribution in [-0.4, -0.2) is 39.4 Å². The molecule has 1 fully saturated rings. The Kier molecular flexibility index (Phi) is 4.73. The van der Waals surface area contributed by atoms with Crippen LogP contribution in [0.4, 0.5) is 5.69 Å². The summed E-state index contributed by atoms with van der Waals surface area (Å²) in [5, 5.41) is 2.89. The molecule has 2 aliphatic heterocycles. The molecule has 1 N–H and O–H groups in total. The van der Waals surface area contributed by atoms with Gasteiger partial charge in [-0.25, -0.2) is 4.98 Å². The van der Waals surface area contributed by atoms with Crippen molar-refractivity contribution in [1.29, 1.82) is 0 Å². The minimum absolute atomic E-state index is 0.0193. The maximum atomic E-state index is 13.0. The lowest BCUT2D eigenvalue weighted by molar-refractivity contribution is 0.0717. The van der Waals surface area contributed by atoms with Gasteiger partial charge in [-0.15, -0.1) is 0 Å². The first-order valence-electron chi connectivity index (χ1n) is 9.49. The number of amides is 2. The first kappa shape index (κ1) is 16.8. The Labute approximate surface area is 153 Å². The van der Waals surface area contributed by atoms with Crippen molar-refractivity contribution < 1.29 is 9.59 Å². The number of carbonyl (C=O) groups is 2. The number of para-hydroxylation sites is 1. The van der Waals surface area contributed by atoms with E-state index in [4.69, 9.17) is 0 Å². The largest absolute Gasteiger partial charge is 0.337 e. The number of likely N-dealkylation sites (tertiary alicyclic amines) is 1. The van der Waals surface area contributed by atoms with Gasteiger partial charge in [0.1, 0.15) is 5.69 Å². The summed E-state index contributed by atoms with van der Waals surface area (Å²) in [6.45, 7) is 2.32. The molecule has 4 rings (SSSR count). The number of hydrogen-bond acceptors (Lipinski definition) is 3. The van der Waals surface area contributed by atoms with Crippen molar-refractivity contribution in [3.63, 3.8) is 0 Å². The van der Waals surface area contributed by atoms with Crippen LogP contribution in [0.2, 0.25) is 0 Å². The van der Waals surface area contributed by atoms with Gasteiger partial charge < -0.3 is 14.8 Å². The van der Waals surface area contributed by atoms with Crippen LogP contribution in [0, 0.1) is 0 Å². The average molecular weight is 352 g/mol. The number of rotatable bonds is 3. The standard InChI is InChI=1S/C20H24N4O2/c25-19(21-15-9-3-1-4-10-15)18-22-17(16-11-5-8-14-24(16)18)20(26)23-12-6-2-7-13-23/h1,3-4,9-10H,2,5-8,11-14H2,(H,21,25). The molecule has 6 nitrogen and oxygen atoms in total. The van der Waals surface area contributed by atoms with E-state index in [2.05, 4.69) is 10.3 Å². The van der Waals surface area contributed by atoms with Crippen molar-refractivity contribution in [3.8, 4) is 0 Å². The number of hydrogen-bond donors (Lipinski definition) is 1. The van der Waals surface area contributed by atoms with E-state index in [0.29, 0.717) is 11.5 Å². The number of nitrogens with one attached hydrogen (secondary N) is 1. The molecule has 136 valence electrons. The van der Waals surface area contributed by atoms with Crippen LogP contribution < -0.4 is 5.32 Å². The molecule has 1 saturated heterocycles. The van der Waals surface area contributed by atoms with Gasteiger partial charge >= 0.3 is 0 Å². The Balaban J connectivity index is 1.64. The molecule has 0 atom stereocenters. The Morgan fingerprint density at radius 3 is 2.42 bits per heavy atom. The SMILES string of the molecule is O=C(Nc1ccccc1)c1nc(C(=O)N2CCCCC2)c2n1CCCC2. The number of carbonyl (C=O) groups excluding carboxylic acids is 2. The predicted octanol–water partition coefficient (Wildman–Crippen LogP) is 3.10. The Hall–Kier alpha value is -2.63. The summed E-state index contributed by atoms with van der Waals surface area (Å²) < 4.78 is 1.94. The van der Waals surface area contributed by atoms with Gasteiger partial charge in [0.15, 0.2) is 5.82 Å². The third kappa shape index (κ3) is 3.23. The fourth-order valence-corrected chi connectivity index (χ4v) is 3.84. The quantitative estimate of drug-likeness (QED) is 0.923. The molecule has 0 spiro atoms. The van der Waals surface area contributed by atoms with Crippen LogP contribution in [0.1, 0.15) is 58.9 Å². The zero-order valence-electron chi connectivity index (χ0n) is 14.9. The van der Waals surface area contributed by atoms with Crippen LogP contribution >= 0.6 is 0 Å². The lowest BCUT2D eigenvalue weighted by atomic mass is 10.1. The summed E-state index contributed by atoms with van der Waals surface area (Å²) in [7, 11) is 0. The highest BCUT2D eigenvalue weighted by Gasteiger charge is 2.30. The average Bonchev–Trinajstić information content (AvgIpc) is 3.09. The van der Waals surface area contributed by atoms with Crippen molar-refractivity contribution in [1.82, 2.24) is 14.5 Å². The van der Waals surface area contributed by atoms with Crippen LogP contribution in [0.5, 0.6) is 0 Å². The first-order chi connectivity index (χ1) is 12.7. The van der Waals surface area contributed by atoms with E-state index in [-0.39, 0.29) is 11.8 Å². The van der Waals surface area contributed by atoms with E-state index in [1.165, 1.54) is 6.42 Å². The summed E-state index contributed by atoms with van der Waals surface area (Å²) in [5.41, 5.74) is 2.13. The van der Waals surface area contributed by atoms with Crippen LogP contribution in [0.3, 0.4) is 0 Å². The molecule has 1 aromatic heterocycles. The Morgan fingerprint density at radius 1 is 0.923 bits per heavy atom. The highest BCUT2D eigenvalue weighted by Crippen LogP contribution is 2.24. The molecule has 6 heteroatoms. The molecule has 0 radical (unpaired) electrons. The number of aromatic nitrogens is 2. The Bertz CT molecular complexity index is 807. The molecule has 0 aliphatic carbocycles. The van der Waals surface area contributed by atoms with Crippen LogP contribution in [0.25, 0.3) is 0 Å². The molecule has 0 unspecified atom stereocenters. The summed E-state index contributed by atoms with van der Waals surface area (Å²) in [6.07, 6.45) is 6.11. The number of anilines is 1. The number of piperidine rings is 1. The zero-order chi connectivity index (χ0) is 17.9. The third-order valence-corrected chi connectivity index (χ3v) is 5.20. The number of fused-ring (bicyclic) bond motifs is 1. The third-order valence-electron chi connectivity index (χ3n) is 5.20. The van der Waals surface area contributed by atoms with Crippen molar-refractivity contribution in [2.45, 2.75) is 45.1 Å². The van der Waals surface area contributed by atoms with E-state index in [0.717, 1.165) is 63.1 Å². The van der Waals surface area contributed by atoms with E-state index >= 15 is 0 Å². The second-order valence-corrected chi connectivity index (χ2v) is 7.01. The van der Waals surface area contributed by atoms with Gasteiger partial charge in [0.25, 0.3) is 11.8 Å². The molecule has 1 aromatic carbocycles. The molecule has 0 saturated carbocycles. The maximum absolute atomic E-state index is 13.0. The second kappa shape index (κ2) is 7.32. The van der Waals surface area contributed by atoms with Gasteiger partial charge in [-0.05, 0) is 50.7 Å². The zero-order valence-corrected chi connectivity index (χ0v) is 14.9. The molecule has 26 heavy (non-hydrogen) atoms. The molecular weight excluding hydrogens is 328 g/mol. The lowest BCUT2D eigenvalue weighted by Crippen LogP contribution is -2.36. The minimum atomic E-state index is -0.253. The van der Waals surface area contributed by atoms with Crippen molar-refractivity contribution >= 4 is 17.5 Å². The van der Waals surface area contributed by atoms with Gasteiger partial charge in [0, 0.05) is 25.3 Å². The fraction of sp³-hybridized carbons (Fsp3) is 0.450. The highest BCUT2D eigenvalue weighted by atomic mass is 16.2. The molecule has 0 bridgehead atoms. The van der Waals surface area contributed by atoms with Crippen LogP contribution in [-0.2, 0) is 13.0 Å². The van der Waals surface area contributed by atoms with Gasteiger partial charge in [0.2, 0.25) is 0 Å². The second-order valence-electron chi connectivity index (χ2n) is 7.01. The highest BCUT2D eigenvalue weighted by molar-refractivity contribution is 6.03. The van der Waals surface area contributed by atoms with E-state index in [9.17, 15) is 9.59 Å².